The van der Waals surface area contributed by atoms with Crippen molar-refractivity contribution in [3.05, 3.63) is 12.2 Å². The van der Waals surface area contributed by atoms with Gasteiger partial charge in [-0.05, 0) is 44.9 Å². The minimum atomic E-state index is -0.768. The number of hydrogen-bond acceptors (Lipinski definition) is 6. The first-order chi connectivity index (χ1) is 32.5. The van der Waals surface area contributed by atoms with Crippen molar-refractivity contribution in [3.8, 4) is 0 Å². The summed E-state index contributed by atoms with van der Waals surface area (Å²) in [5.74, 6) is -0.859. The molecule has 0 saturated heterocycles. The number of ether oxygens (including phenoxy) is 3. The molecule has 1 unspecified atom stereocenters. The normalized spacial score (nSPS) is 12.0. The molecule has 1 atom stereocenters. The Bertz CT molecular complexity index is 1020. The standard InChI is InChI=1S/C60H114O6/c1-4-7-10-13-16-19-21-23-25-27-28-29-30-31-32-33-34-36-37-39-41-44-47-50-53-59(62)65-56-57(55-64-58(61)52-49-46-43-18-15-12-9-6-3)66-60(63)54-51-48-45-42-40-38-35-26-24-22-20-17-14-11-8-5-2/h26,35,57H,4-25,27-34,36-56H2,1-3H3/b35-26-. The van der Waals surface area contributed by atoms with Crippen molar-refractivity contribution in [1.29, 1.82) is 0 Å². The number of carbonyl (C=O) groups excluding carboxylic acids is 3. The number of allylic oxidation sites excluding steroid dienone is 2. The molecule has 0 aliphatic heterocycles. The average molecular weight is 932 g/mol. The van der Waals surface area contributed by atoms with Gasteiger partial charge in [0, 0.05) is 19.3 Å². The smallest absolute Gasteiger partial charge is 0.306 e. The highest BCUT2D eigenvalue weighted by Crippen LogP contribution is 2.17. The lowest BCUT2D eigenvalue weighted by atomic mass is 10.0. The van der Waals surface area contributed by atoms with Crippen LogP contribution in [-0.2, 0) is 28.6 Å². The first kappa shape index (κ1) is 64.2. The van der Waals surface area contributed by atoms with E-state index in [1.807, 2.05) is 0 Å². The fourth-order valence-electron chi connectivity index (χ4n) is 9.03. The summed E-state index contributed by atoms with van der Waals surface area (Å²) < 4.78 is 16.8. The van der Waals surface area contributed by atoms with Crippen LogP contribution in [0.15, 0.2) is 12.2 Å². The predicted molar refractivity (Wildman–Crippen MR) is 284 cm³/mol. The third-order valence-electron chi connectivity index (χ3n) is 13.5. The molecule has 390 valence electrons. The van der Waals surface area contributed by atoms with Gasteiger partial charge in [-0.3, -0.25) is 14.4 Å². The molecule has 0 radical (unpaired) electrons. The third-order valence-corrected chi connectivity index (χ3v) is 13.5. The Labute approximate surface area is 411 Å². The van der Waals surface area contributed by atoms with Crippen LogP contribution in [0.2, 0.25) is 0 Å². The molecular weight excluding hydrogens is 817 g/mol. The number of carbonyl (C=O) groups is 3. The van der Waals surface area contributed by atoms with Gasteiger partial charge in [-0.1, -0.05) is 283 Å². The quantitative estimate of drug-likeness (QED) is 0.0262. The van der Waals surface area contributed by atoms with E-state index < -0.39 is 6.10 Å². The van der Waals surface area contributed by atoms with Gasteiger partial charge in [0.15, 0.2) is 6.10 Å². The summed E-state index contributed by atoms with van der Waals surface area (Å²) in [6.45, 7) is 6.66. The van der Waals surface area contributed by atoms with Crippen LogP contribution in [0.1, 0.15) is 335 Å². The second-order valence-electron chi connectivity index (χ2n) is 20.3. The molecule has 0 amide bonds. The zero-order valence-corrected chi connectivity index (χ0v) is 44.7. The van der Waals surface area contributed by atoms with E-state index in [2.05, 4.69) is 32.9 Å². The Kier molecular flexibility index (Phi) is 54.2. The fourth-order valence-corrected chi connectivity index (χ4v) is 9.03. The molecule has 0 bridgehead atoms. The van der Waals surface area contributed by atoms with Gasteiger partial charge in [0.05, 0.1) is 0 Å². The molecule has 6 heteroatoms. The molecule has 0 spiro atoms. The topological polar surface area (TPSA) is 78.9 Å². The summed E-state index contributed by atoms with van der Waals surface area (Å²) in [7, 11) is 0. The van der Waals surface area contributed by atoms with E-state index in [0.717, 1.165) is 64.2 Å². The molecule has 66 heavy (non-hydrogen) atoms. The Balaban J connectivity index is 4.12. The van der Waals surface area contributed by atoms with Crippen LogP contribution in [0.4, 0.5) is 0 Å². The number of unbranched alkanes of at least 4 members (excludes halogenated alkanes) is 42. The van der Waals surface area contributed by atoms with Crippen LogP contribution >= 0.6 is 0 Å². The first-order valence-corrected chi connectivity index (χ1v) is 29.7. The maximum atomic E-state index is 12.8. The highest BCUT2D eigenvalue weighted by atomic mass is 16.6. The lowest BCUT2D eigenvalue weighted by molar-refractivity contribution is -0.167. The van der Waals surface area contributed by atoms with Gasteiger partial charge >= 0.3 is 17.9 Å². The third kappa shape index (κ3) is 53.1. The Morgan fingerprint density at radius 1 is 0.288 bits per heavy atom. The first-order valence-electron chi connectivity index (χ1n) is 29.7. The second kappa shape index (κ2) is 55.7. The van der Waals surface area contributed by atoms with Crippen molar-refractivity contribution in [3.63, 3.8) is 0 Å². The second-order valence-corrected chi connectivity index (χ2v) is 20.3. The van der Waals surface area contributed by atoms with Crippen LogP contribution in [-0.4, -0.2) is 37.2 Å². The van der Waals surface area contributed by atoms with Crippen LogP contribution < -0.4 is 0 Å². The lowest BCUT2D eigenvalue weighted by Gasteiger charge is -2.18. The average Bonchev–Trinajstić information content (AvgIpc) is 3.31. The van der Waals surface area contributed by atoms with Gasteiger partial charge in [0.1, 0.15) is 13.2 Å². The molecular formula is C60H114O6. The van der Waals surface area contributed by atoms with Gasteiger partial charge in [-0.2, -0.15) is 0 Å². The van der Waals surface area contributed by atoms with Crippen molar-refractivity contribution in [1.82, 2.24) is 0 Å². The summed E-state index contributed by atoms with van der Waals surface area (Å²) in [5.41, 5.74) is 0. The van der Waals surface area contributed by atoms with Crippen molar-refractivity contribution in [2.75, 3.05) is 13.2 Å². The lowest BCUT2D eigenvalue weighted by Crippen LogP contribution is -2.30. The Hall–Kier alpha value is -1.85. The van der Waals surface area contributed by atoms with Gasteiger partial charge in [0.2, 0.25) is 0 Å². The van der Waals surface area contributed by atoms with Crippen molar-refractivity contribution in [2.24, 2.45) is 0 Å². The molecule has 0 aliphatic rings. The number of esters is 3. The van der Waals surface area contributed by atoms with E-state index in [1.165, 1.54) is 231 Å². The molecule has 0 rings (SSSR count). The summed E-state index contributed by atoms with van der Waals surface area (Å²) in [4.78, 5) is 38.0. The molecule has 0 aromatic heterocycles. The molecule has 0 N–H and O–H groups in total. The highest BCUT2D eigenvalue weighted by Gasteiger charge is 2.19. The van der Waals surface area contributed by atoms with Crippen molar-refractivity contribution >= 4 is 17.9 Å². The van der Waals surface area contributed by atoms with E-state index in [0.29, 0.717) is 19.3 Å². The Morgan fingerprint density at radius 2 is 0.500 bits per heavy atom. The predicted octanol–water partition coefficient (Wildman–Crippen LogP) is 19.7. The molecule has 0 fully saturated rings. The minimum Gasteiger partial charge on any atom is -0.462 e. The SMILES string of the molecule is CCCCCCCCC/C=C\CCCCCCCC(=O)OC(COC(=O)CCCCCCCCCC)COC(=O)CCCCCCCCCCCCCCCCCCCCCCCCCC. The van der Waals surface area contributed by atoms with Crippen molar-refractivity contribution < 1.29 is 28.6 Å². The largest absolute Gasteiger partial charge is 0.462 e. The zero-order chi connectivity index (χ0) is 47.9. The molecule has 0 aliphatic carbocycles. The number of hydrogen-bond donors (Lipinski definition) is 0. The molecule has 0 aromatic rings. The monoisotopic (exact) mass is 931 g/mol. The van der Waals surface area contributed by atoms with Gasteiger partial charge in [-0.15, -0.1) is 0 Å². The van der Waals surface area contributed by atoms with Crippen LogP contribution in [0.5, 0.6) is 0 Å². The number of rotatable bonds is 55. The van der Waals surface area contributed by atoms with E-state index in [-0.39, 0.29) is 31.1 Å². The van der Waals surface area contributed by atoms with Crippen LogP contribution in [0.25, 0.3) is 0 Å². The van der Waals surface area contributed by atoms with Gasteiger partial charge < -0.3 is 14.2 Å². The minimum absolute atomic E-state index is 0.0680. The fraction of sp³-hybridized carbons (Fsp3) is 0.917. The van der Waals surface area contributed by atoms with E-state index in [9.17, 15) is 14.4 Å². The van der Waals surface area contributed by atoms with E-state index in [1.54, 1.807) is 0 Å². The summed E-state index contributed by atoms with van der Waals surface area (Å²) in [6.07, 6.45) is 63.7. The maximum Gasteiger partial charge on any atom is 0.306 e. The van der Waals surface area contributed by atoms with Crippen LogP contribution in [0, 0.1) is 0 Å². The Morgan fingerprint density at radius 3 is 0.758 bits per heavy atom. The summed E-state index contributed by atoms with van der Waals surface area (Å²) >= 11 is 0. The van der Waals surface area contributed by atoms with E-state index >= 15 is 0 Å². The van der Waals surface area contributed by atoms with Crippen LogP contribution in [0.3, 0.4) is 0 Å². The molecule has 0 saturated carbocycles. The van der Waals surface area contributed by atoms with E-state index in [4.69, 9.17) is 14.2 Å². The van der Waals surface area contributed by atoms with Crippen molar-refractivity contribution in [2.45, 2.75) is 341 Å². The van der Waals surface area contributed by atoms with Gasteiger partial charge in [0.25, 0.3) is 0 Å². The summed E-state index contributed by atoms with van der Waals surface area (Å²) in [5, 5.41) is 0. The molecule has 6 nitrogen and oxygen atoms in total. The molecule has 0 aromatic carbocycles. The van der Waals surface area contributed by atoms with Gasteiger partial charge in [-0.25, -0.2) is 0 Å². The summed E-state index contributed by atoms with van der Waals surface area (Å²) in [6, 6.07) is 0. The maximum absolute atomic E-state index is 12.8. The zero-order valence-electron chi connectivity index (χ0n) is 44.7. The molecule has 0 heterocycles. The highest BCUT2D eigenvalue weighted by molar-refractivity contribution is 5.71.